The molecular weight excluding hydrogens is 280 g/mol. The fourth-order valence-corrected chi connectivity index (χ4v) is 3.05. The number of carbonyl (C=O) groups excluding carboxylic acids is 1. The van der Waals surface area contributed by atoms with Crippen LogP contribution in [0.25, 0.3) is 15.8 Å². The number of amides is 1. The number of anilines is 1. The van der Waals surface area contributed by atoms with Crippen LogP contribution in [0.3, 0.4) is 0 Å². The summed E-state index contributed by atoms with van der Waals surface area (Å²) in [5.74, 6) is 0.306. The van der Waals surface area contributed by atoms with Gasteiger partial charge >= 0.3 is 0 Å². The van der Waals surface area contributed by atoms with Crippen molar-refractivity contribution in [3.05, 3.63) is 42.0 Å². The topological polar surface area (TPSA) is 42.0 Å². The van der Waals surface area contributed by atoms with Crippen molar-refractivity contribution in [1.82, 2.24) is 4.98 Å². The maximum atomic E-state index is 11.8. The molecule has 1 amide bonds. The first kappa shape index (κ1) is 14.0. The summed E-state index contributed by atoms with van der Waals surface area (Å²) in [6.07, 6.45) is 3.88. The lowest BCUT2D eigenvalue weighted by atomic mass is 10.0. The van der Waals surface area contributed by atoms with Crippen molar-refractivity contribution in [3.63, 3.8) is 0 Å². The minimum atomic E-state index is 0.104. The van der Waals surface area contributed by atoms with Gasteiger partial charge in [-0.15, -0.1) is 0 Å². The number of carbonyl (C=O) groups is 1. The average Bonchev–Trinajstić information content (AvgIpc) is 3.26. The zero-order valence-corrected chi connectivity index (χ0v) is 13.1. The summed E-state index contributed by atoms with van der Waals surface area (Å²) in [5.41, 5.74) is 4.48. The molecule has 0 radical (unpaired) electrons. The maximum Gasteiger partial charge on any atom is 0.229 e. The average molecular weight is 298 g/mol. The molecule has 0 unspecified atom stereocenters. The van der Waals surface area contributed by atoms with Crippen molar-refractivity contribution in [3.8, 4) is 0 Å². The summed E-state index contributed by atoms with van der Waals surface area (Å²) in [7, 11) is 0. The van der Waals surface area contributed by atoms with Gasteiger partial charge in [-0.1, -0.05) is 30.1 Å². The molecule has 2 aromatic rings. The number of hydrogen-bond acceptors (Lipinski definition) is 3. The number of rotatable bonds is 4. The molecule has 4 heteroatoms. The highest BCUT2D eigenvalue weighted by atomic mass is 32.1. The van der Waals surface area contributed by atoms with Crippen LogP contribution < -0.4 is 5.32 Å². The van der Waals surface area contributed by atoms with Crippen LogP contribution >= 0.6 is 11.3 Å². The molecule has 0 atom stereocenters. The third kappa shape index (κ3) is 2.90. The summed E-state index contributed by atoms with van der Waals surface area (Å²) in [6.45, 7) is 7.96. The van der Waals surface area contributed by atoms with Gasteiger partial charge in [-0.25, -0.2) is 4.98 Å². The van der Waals surface area contributed by atoms with Crippen molar-refractivity contribution >= 4 is 38.2 Å². The molecule has 0 bridgehead atoms. The van der Waals surface area contributed by atoms with Crippen LogP contribution in [0.5, 0.6) is 0 Å². The number of thiazole rings is 1. The Bertz CT molecular complexity index is 753. The number of hydrogen-bond donors (Lipinski definition) is 1. The third-order valence-electron chi connectivity index (χ3n) is 3.90. The molecule has 0 saturated heterocycles. The van der Waals surface area contributed by atoms with E-state index < -0.39 is 0 Å². The smallest absolute Gasteiger partial charge is 0.229 e. The van der Waals surface area contributed by atoms with Crippen molar-refractivity contribution < 1.29 is 4.79 Å². The van der Waals surface area contributed by atoms with E-state index in [4.69, 9.17) is 0 Å². The highest BCUT2D eigenvalue weighted by molar-refractivity contribution is 7.22. The molecule has 21 heavy (non-hydrogen) atoms. The number of nitrogens with one attached hydrogen (secondary N) is 1. The molecule has 0 aliphatic heterocycles. The summed E-state index contributed by atoms with van der Waals surface area (Å²) in [6, 6.07) is 6.20. The maximum absolute atomic E-state index is 11.8. The predicted octanol–water partition coefficient (Wildman–Crippen LogP) is 4.62. The van der Waals surface area contributed by atoms with Gasteiger partial charge in [-0.2, -0.15) is 0 Å². The Balaban J connectivity index is 1.91. The van der Waals surface area contributed by atoms with Gasteiger partial charge in [0.15, 0.2) is 5.13 Å². The molecular formula is C17H18N2OS. The van der Waals surface area contributed by atoms with Gasteiger partial charge in [0, 0.05) is 5.92 Å². The monoisotopic (exact) mass is 298 g/mol. The van der Waals surface area contributed by atoms with Gasteiger partial charge in [-0.05, 0) is 55.5 Å². The first-order valence-corrected chi connectivity index (χ1v) is 7.92. The highest BCUT2D eigenvalue weighted by Crippen LogP contribution is 2.33. The van der Waals surface area contributed by atoms with Crippen LogP contribution in [-0.4, -0.2) is 10.9 Å². The van der Waals surface area contributed by atoms with Crippen LogP contribution in [0.4, 0.5) is 5.13 Å². The molecule has 0 spiro atoms. The molecule has 3 nitrogen and oxygen atoms in total. The van der Waals surface area contributed by atoms with Crippen molar-refractivity contribution in [2.75, 3.05) is 5.32 Å². The van der Waals surface area contributed by atoms with E-state index in [1.54, 1.807) is 0 Å². The Labute approximate surface area is 128 Å². The van der Waals surface area contributed by atoms with E-state index in [9.17, 15) is 4.79 Å². The molecule has 3 rings (SSSR count). The Kier molecular flexibility index (Phi) is 3.64. The Hall–Kier alpha value is -1.94. The van der Waals surface area contributed by atoms with Crippen LogP contribution in [0.2, 0.25) is 0 Å². The molecule has 1 aromatic carbocycles. The van der Waals surface area contributed by atoms with Crippen LogP contribution in [0.1, 0.15) is 32.3 Å². The lowest BCUT2D eigenvalue weighted by Gasteiger charge is -2.04. The lowest BCUT2D eigenvalue weighted by Crippen LogP contribution is -2.12. The van der Waals surface area contributed by atoms with E-state index in [1.165, 1.54) is 28.0 Å². The second kappa shape index (κ2) is 5.45. The first-order valence-electron chi connectivity index (χ1n) is 7.10. The first-order chi connectivity index (χ1) is 10.1. The van der Waals surface area contributed by atoms with Gasteiger partial charge < -0.3 is 5.32 Å². The second-order valence-electron chi connectivity index (χ2n) is 5.48. The van der Waals surface area contributed by atoms with Crippen LogP contribution in [0, 0.1) is 5.92 Å². The normalized spacial score (nSPS) is 15.7. The Morgan fingerprint density at radius 3 is 2.86 bits per heavy atom. The van der Waals surface area contributed by atoms with Gasteiger partial charge in [-0.3, -0.25) is 4.79 Å². The Morgan fingerprint density at radius 2 is 2.19 bits per heavy atom. The third-order valence-corrected chi connectivity index (χ3v) is 4.83. The molecule has 1 N–H and O–H groups in total. The fraction of sp³-hybridized carbons (Fsp3) is 0.294. The van der Waals surface area contributed by atoms with Crippen molar-refractivity contribution in [2.45, 2.75) is 26.7 Å². The number of allylic oxidation sites excluding steroid dienone is 3. The van der Waals surface area contributed by atoms with Crippen molar-refractivity contribution in [2.24, 2.45) is 5.92 Å². The lowest BCUT2D eigenvalue weighted by molar-refractivity contribution is -0.117. The van der Waals surface area contributed by atoms with E-state index >= 15 is 0 Å². The minimum Gasteiger partial charge on any atom is -0.302 e. The number of benzene rings is 1. The van der Waals surface area contributed by atoms with E-state index in [-0.39, 0.29) is 11.8 Å². The van der Waals surface area contributed by atoms with E-state index in [0.717, 1.165) is 23.1 Å². The standard InChI is InChI=1S/C17H18N2OS/c1-4-10(2)11(3)13-7-8-14-15(9-13)21-17(18-14)19-16(20)12-5-6-12/h4,7-9,12H,1,5-6H2,2-3H3,(H,18,19,20)/b11-10+. The van der Waals surface area contributed by atoms with E-state index in [1.807, 2.05) is 12.1 Å². The van der Waals surface area contributed by atoms with E-state index in [0.29, 0.717) is 5.13 Å². The molecule has 1 aromatic heterocycles. The number of aromatic nitrogens is 1. The van der Waals surface area contributed by atoms with Crippen LogP contribution in [0.15, 0.2) is 36.4 Å². The Morgan fingerprint density at radius 1 is 1.43 bits per heavy atom. The molecule has 1 heterocycles. The van der Waals surface area contributed by atoms with Crippen molar-refractivity contribution in [1.29, 1.82) is 0 Å². The summed E-state index contributed by atoms with van der Waals surface area (Å²) in [5, 5.41) is 3.61. The summed E-state index contributed by atoms with van der Waals surface area (Å²) < 4.78 is 1.09. The number of nitrogens with zero attached hydrogens (tertiary/aromatic N) is 1. The summed E-state index contributed by atoms with van der Waals surface area (Å²) in [4.78, 5) is 16.3. The molecule has 1 fully saturated rings. The highest BCUT2D eigenvalue weighted by Gasteiger charge is 2.30. The van der Waals surface area contributed by atoms with Gasteiger partial charge in [0.25, 0.3) is 0 Å². The quantitative estimate of drug-likeness (QED) is 0.837. The molecule has 1 aliphatic carbocycles. The fourth-order valence-electron chi connectivity index (χ4n) is 2.15. The summed E-state index contributed by atoms with van der Waals surface area (Å²) >= 11 is 1.53. The zero-order chi connectivity index (χ0) is 15.0. The SMILES string of the molecule is C=C/C(C)=C(\C)c1ccc2nc(NC(=O)C3CC3)sc2c1. The molecule has 1 aliphatic rings. The second-order valence-corrected chi connectivity index (χ2v) is 6.51. The zero-order valence-electron chi connectivity index (χ0n) is 12.3. The van der Waals surface area contributed by atoms with E-state index in [2.05, 4.69) is 42.9 Å². The molecule has 108 valence electrons. The predicted molar refractivity (Wildman–Crippen MR) is 89.4 cm³/mol. The minimum absolute atomic E-state index is 0.104. The van der Waals surface area contributed by atoms with Gasteiger partial charge in [0.2, 0.25) is 5.91 Å². The number of fused-ring (bicyclic) bond motifs is 1. The van der Waals surface area contributed by atoms with Crippen LogP contribution in [-0.2, 0) is 4.79 Å². The van der Waals surface area contributed by atoms with Gasteiger partial charge in [0.1, 0.15) is 0 Å². The largest absolute Gasteiger partial charge is 0.302 e. The van der Waals surface area contributed by atoms with Gasteiger partial charge in [0.05, 0.1) is 10.2 Å². The molecule has 1 saturated carbocycles.